The molecule has 2 rings (SSSR count). The normalized spacial score (nSPS) is 17.5. The van der Waals surface area contributed by atoms with Gasteiger partial charge in [0.05, 0.1) is 4.92 Å². The van der Waals surface area contributed by atoms with Crippen LogP contribution in [0.2, 0.25) is 0 Å². The van der Waals surface area contributed by atoms with Crippen LogP contribution in [0.4, 0.5) is 5.69 Å². The van der Waals surface area contributed by atoms with Gasteiger partial charge in [-0.2, -0.15) is 0 Å². The molecule has 1 saturated carbocycles. The fraction of sp³-hybridized carbons (Fsp3) is 0.636. The number of nitro groups is 1. The lowest BCUT2D eigenvalue weighted by atomic mass is 10.0. The highest BCUT2D eigenvalue weighted by atomic mass is 32.2. The average molecular weight is 321 g/mol. The smallest absolute Gasteiger partial charge is 0.258 e. The topological polar surface area (TPSA) is 77.3 Å². The molecule has 0 radical (unpaired) electrons. The van der Waals surface area contributed by atoms with Crippen LogP contribution in [-0.2, 0) is 9.84 Å². The Morgan fingerprint density at radius 3 is 2.53 bits per heavy atom. The molecule has 1 fully saturated rings. The second kappa shape index (κ2) is 5.80. The van der Waals surface area contributed by atoms with Crippen LogP contribution in [0.1, 0.15) is 32.1 Å². The summed E-state index contributed by atoms with van der Waals surface area (Å²) in [4.78, 5) is 10.5. The third-order valence-corrected chi connectivity index (χ3v) is 7.53. The third-order valence-electron chi connectivity index (χ3n) is 3.05. The molecule has 1 heterocycles. The lowest BCUT2D eigenvalue weighted by Crippen LogP contribution is -2.07. The Bertz CT molecular complexity index is 573. The molecule has 0 N–H and O–H groups in total. The summed E-state index contributed by atoms with van der Waals surface area (Å²) < 4.78 is 23.6. The standard InChI is InChI=1S/C11H15NO4S3/c1-19(15,16)10-7-9(12(13)14)11(18-10)17-8-5-3-2-4-6-8/h7-8H,2-6H2,1H3. The van der Waals surface area contributed by atoms with Crippen molar-refractivity contribution in [3.63, 3.8) is 0 Å². The molecule has 0 spiro atoms. The van der Waals surface area contributed by atoms with E-state index in [1.165, 1.54) is 24.2 Å². The van der Waals surface area contributed by atoms with Crippen LogP contribution in [0.5, 0.6) is 0 Å². The number of nitrogens with zero attached hydrogens (tertiary/aromatic N) is 1. The molecule has 0 amide bonds. The highest BCUT2D eigenvalue weighted by Crippen LogP contribution is 2.44. The molecular formula is C11H15NO4S3. The molecule has 1 aliphatic carbocycles. The second-order valence-electron chi connectivity index (χ2n) is 4.65. The Hall–Kier alpha value is -0.600. The molecule has 0 saturated heterocycles. The molecule has 106 valence electrons. The monoisotopic (exact) mass is 321 g/mol. The number of thioether (sulfide) groups is 1. The summed E-state index contributed by atoms with van der Waals surface area (Å²) in [5.74, 6) is 0. The van der Waals surface area contributed by atoms with Crippen molar-refractivity contribution in [1.82, 2.24) is 0 Å². The minimum atomic E-state index is -3.38. The molecule has 0 atom stereocenters. The molecule has 0 bridgehead atoms. The van der Waals surface area contributed by atoms with Crippen LogP contribution in [0.25, 0.3) is 0 Å². The van der Waals surface area contributed by atoms with Gasteiger partial charge in [0.25, 0.3) is 5.69 Å². The van der Waals surface area contributed by atoms with Gasteiger partial charge in [0.2, 0.25) is 0 Å². The van der Waals surface area contributed by atoms with Crippen LogP contribution in [0.3, 0.4) is 0 Å². The molecule has 0 aromatic carbocycles. The second-order valence-corrected chi connectivity index (χ2v) is 9.51. The van der Waals surface area contributed by atoms with Crippen molar-refractivity contribution < 1.29 is 13.3 Å². The zero-order chi connectivity index (χ0) is 14.0. The zero-order valence-electron chi connectivity index (χ0n) is 10.5. The van der Waals surface area contributed by atoms with Crippen LogP contribution < -0.4 is 0 Å². The van der Waals surface area contributed by atoms with E-state index in [-0.39, 0.29) is 9.90 Å². The quantitative estimate of drug-likeness (QED) is 0.626. The first-order valence-electron chi connectivity index (χ1n) is 6.03. The van der Waals surface area contributed by atoms with E-state index >= 15 is 0 Å². The maximum atomic E-state index is 11.5. The molecule has 19 heavy (non-hydrogen) atoms. The van der Waals surface area contributed by atoms with Crippen molar-refractivity contribution in [3.8, 4) is 0 Å². The number of rotatable bonds is 4. The summed E-state index contributed by atoms with van der Waals surface area (Å²) in [5.41, 5.74) is -0.0685. The molecule has 1 aromatic heterocycles. The Morgan fingerprint density at radius 2 is 2.00 bits per heavy atom. The van der Waals surface area contributed by atoms with Crippen molar-refractivity contribution in [1.29, 1.82) is 0 Å². The largest absolute Gasteiger partial charge is 0.295 e. The van der Waals surface area contributed by atoms with E-state index in [0.29, 0.717) is 9.46 Å². The van der Waals surface area contributed by atoms with E-state index in [1.807, 2.05) is 0 Å². The average Bonchev–Trinajstić information content (AvgIpc) is 2.74. The van der Waals surface area contributed by atoms with Gasteiger partial charge in [-0.3, -0.25) is 10.1 Å². The minimum Gasteiger partial charge on any atom is -0.258 e. The minimum absolute atomic E-state index is 0.0685. The fourth-order valence-electron chi connectivity index (χ4n) is 2.07. The lowest BCUT2D eigenvalue weighted by molar-refractivity contribution is -0.387. The summed E-state index contributed by atoms with van der Waals surface area (Å²) in [6, 6.07) is 1.19. The molecule has 0 unspecified atom stereocenters. The van der Waals surface area contributed by atoms with Gasteiger partial charge in [0.1, 0.15) is 8.42 Å². The molecule has 0 aliphatic heterocycles. The zero-order valence-corrected chi connectivity index (χ0v) is 12.9. The number of thiophene rings is 1. The predicted octanol–water partition coefficient (Wildman–Crippen LogP) is 3.48. The summed E-state index contributed by atoms with van der Waals surface area (Å²) in [6.07, 6.45) is 6.70. The first-order valence-corrected chi connectivity index (χ1v) is 9.61. The first kappa shape index (κ1) is 14.8. The lowest BCUT2D eigenvalue weighted by Gasteiger charge is -2.19. The van der Waals surface area contributed by atoms with Gasteiger partial charge in [-0.05, 0) is 12.8 Å². The highest BCUT2D eigenvalue weighted by molar-refractivity contribution is 8.02. The highest BCUT2D eigenvalue weighted by Gasteiger charge is 2.26. The summed E-state index contributed by atoms with van der Waals surface area (Å²) in [6.45, 7) is 0. The SMILES string of the molecule is CS(=O)(=O)c1cc([N+](=O)[O-])c(SC2CCCCC2)s1. The van der Waals surface area contributed by atoms with Crippen molar-refractivity contribution in [3.05, 3.63) is 16.2 Å². The van der Waals surface area contributed by atoms with Gasteiger partial charge in [0, 0.05) is 17.6 Å². The molecular weight excluding hydrogens is 306 g/mol. The third kappa shape index (κ3) is 3.70. The van der Waals surface area contributed by atoms with Crippen LogP contribution in [0, 0.1) is 10.1 Å². The Kier molecular flexibility index (Phi) is 4.52. The van der Waals surface area contributed by atoms with Crippen molar-refractivity contribution in [2.45, 2.75) is 45.8 Å². The summed E-state index contributed by atoms with van der Waals surface area (Å²) >= 11 is 2.49. The Balaban J connectivity index is 2.27. The maximum absolute atomic E-state index is 11.5. The van der Waals surface area contributed by atoms with Gasteiger partial charge in [0.15, 0.2) is 9.84 Å². The van der Waals surface area contributed by atoms with E-state index in [0.717, 1.165) is 43.3 Å². The summed E-state index contributed by atoms with van der Waals surface area (Å²) in [7, 11) is -3.38. The number of hydrogen-bond acceptors (Lipinski definition) is 6. The first-order chi connectivity index (χ1) is 8.88. The molecule has 5 nitrogen and oxygen atoms in total. The van der Waals surface area contributed by atoms with E-state index in [2.05, 4.69) is 0 Å². The van der Waals surface area contributed by atoms with Gasteiger partial charge < -0.3 is 0 Å². The van der Waals surface area contributed by atoms with E-state index in [1.54, 1.807) is 0 Å². The molecule has 1 aliphatic rings. The van der Waals surface area contributed by atoms with Crippen LogP contribution >= 0.6 is 23.1 Å². The number of hydrogen-bond donors (Lipinski definition) is 0. The van der Waals surface area contributed by atoms with Crippen LogP contribution in [-0.4, -0.2) is 24.8 Å². The van der Waals surface area contributed by atoms with Crippen molar-refractivity contribution in [2.24, 2.45) is 0 Å². The Labute approximate surface area is 120 Å². The maximum Gasteiger partial charge on any atom is 0.295 e. The van der Waals surface area contributed by atoms with Gasteiger partial charge in [-0.25, -0.2) is 8.42 Å². The van der Waals surface area contributed by atoms with Crippen LogP contribution in [0.15, 0.2) is 14.5 Å². The van der Waals surface area contributed by atoms with Crippen molar-refractivity contribution in [2.75, 3.05) is 6.26 Å². The van der Waals surface area contributed by atoms with E-state index in [4.69, 9.17) is 0 Å². The van der Waals surface area contributed by atoms with Gasteiger partial charge in [-0.15, -0.1) is 23.1 Å². The summed E-state index contributed by atoms with van der Waals surface area (Å²) in [5, 5.41) is 11.4. The predicted molar refractivity (Wildman–Crippen MR) is 76.8 cm³/mol. The van der Waals surface area contributed by atoms with Gasteiger partial charge >= 0.3 is 0 Å². The molecule has 8 heteroatoms. The van der Waals surface area contributed by atoms with Gasteiger partial charge in [-0.1, -0.05) is 19.3 Å². The molecule has 1 aromatic rings. The number of sulfone groups is 1. The Morgan fingerprint density at radius 1 is 1.37 bits per heavy atom. The van der Waals surface area contributed by atoms with E-state index in [9.17, 15) is 18.5 Å². The fourth-order valence-corrected chi connectivity index (χ4v) is 6.00. The van der Waals surface area contributed by atoms with E-state index < -0.39 is 14.8 Å². The van der Waals surface area contributed by atoms with Crippen molar-refractivity contribution >= 4 is 38.6 Å².